The predicted octanol–water partition coefficient (Wildman–Crippen LogP) is 3.05. The van der Waals surface area contributed by atoms with Crippen LogP contribution in [0, 0.1) is 0 Å². The number of benzene rings is 2. The number of aliphatic imine (C=N–C) groups is 1. The normalized spacial score (nSPS) is 12.7. The summed E-state index contributed by atoms with van der Waals surface area (Å²) in [5, 5.41) is 6.61. The monoisotopic (exact) mass is 546 g/mol. The van der Waals surface area contributed by atoms with Gasteiger partial charge in [0, 0.05) is 20.2 Å². The molecule has 0 aromatic heterocycles. The third kappa shape index (κ3) is 8.58. The summed E-state index contributed by atoms with van der Waals surface area (Å²) in [4.78, 5) is 4.83. The van der Waals surface area contributed by atoms with Gasteiger partial charge in [-0.15, -0.1) is 24.0 Å². The Morgan fingerprint density at radius 1 is 1.13 bits per heavy atom. The molecule has 166 valence electrons. The lowest BCUT2D eigenvalue weighted by Gasteiger charge is -2.18. The van der Waals surface area contributed by atoms with Crippen LogP contribution in [0.15, 0.2) is 64.5 Å². The van der Waals surface area contributed by atoms with Gasteiger partial charge in [-0.2, -0.15) is 0 Å². The molecule has 0 amide bonds. The summed E-state index contributed by atoms with van der Waals surface area (Å²) >= 11 is 0. The Hall–Kier alpha value is -1.69. The highest BCUT2D eigenvalue weighted by atomic mass is 127. The highest BCUT2D eigenvalue weighted by Gasteiger charge is 2.14. The van der Waals surface area contributed by atoms with Crippen molar-refractivity contribution < 1.29 is 13.2 Å². The fraction of sp³-hybridized carbons (Fsp3) is 0.381. The molecule has 1 atom stereocenters. The number of ether oxygens (including phenoxy) is 1. The van der Waals surface area contributed by atoms with Crippen molar-refractivity contribution in [1.82, 2.24) is 15.4 Å². The maximum absolute atomic E-state index is 12.4. The highest BCUT2D eigenvalue weighted by molar-refractivity contribution is 14.0. The topological polar surface area (TPSA) is 91.8 Å². The Kier molecular flexibility index (Phi) is 11.9. The molecule has 9 heteroatoms. The quantitative estimate of drug-likeness (QED) is 0.185. The van der Waals surface area contributed by atoms with Crippen LogP contribution < -0.4 is 15.4 Å². The molecule has 0 aliphatic carbocycles. The van der Waals surface area contributed by atoms with Crippen LogP contribution in [-0.4, -0.2) is 41.2 Å². The predicted molar refractivity (Wildman–Crippen MR) is 132 cm³/mol. The molecule has 1 unspecified atom stereocenters. The van der Waals surface area contributed by atoms with Gasteiger partial charge >= 0.3 is 0 Å². The first-order valence-electron chi connectivity index (χ1n) is 9.63. The van der Waals surface area contributed by atoms with E-state index >= 15 is 0 Å². The van der Waals surface area contributed by atoms with Gasteiger partial charge in [0.1, 0.15) is 0 Å². The SMILES string of the molecule is CCNC(=NCc1cccc(S(=O)(=O)NCCOC)c1)NC(C)c1ccccc1.I. The van der Waals surface area contributed by atoms with Crippen molar-refractivity contribution in [3.05, 3.63) is 65.7 Å². The number of nitrogens with one attached hydrogen (secondary N) is 3. The van der Waals surface area contributed by atoms with Crippen LogP contribution >= 0.6 is 24.0 Å². The molecule has 0 aliphatic heterocycles. The molecule has 0 saturated carbocycles. The summed E-state index contributed by atoms with van der Waals surface area (Å²) in [5.74, 6) is 0.676. The molecular weight excluding hydrogens is 515 g/mol. The second-order valence-corrected chi connectivity index (χ2v) is 8.28. The number of rotatable bonds is 10. The zero-order chi connectivity index (χ0) is 21.1. The summed E-state index contributed by atoms with van der Waals surface area (Å²) in [6.07, 6.45) is 0. The van der Waals surface area contributed by atoms with E-state index in [1.165, 1.54) is 7.11 Å². The molecule has 0 saturated heterocycles. The second kappa shape index (κ2) is 13.6. The number of methoxy groups -OCH3 is 1. The van der Waals surface area contributed by atoms with E-state index in [1.54, 1.807) is 18.2 Å². The standard InChI is InChI=1S/C21H30N4O3S.HI/c1-4-22-21(25-17(2)19-10-6-5-7-11-19)23-16-18-9-8-12-20(15-18)29(26,27)24-13-14-28-3;/h5-12,15,17,24H,4,13-14,16H2,1-3H3,(H2,22,23,25);1H. The molecule has 0 radical (unpaired) electrons. The van der Waals surface area contributed by atoms with Crippen LogP contribution in [0.25, 0.3) is 0 Å². The summed E-state index contributed by atoms with van der Waals surface area (Å²) in [6.45, 7) is 5.71. The minimum absolute atomic E-state index is 0. The summed E-state index contributed by atoms with van der Waals surface area (Å²) in [6, 6.07) is 17.0. The van der Waals surface area contributed by atoms with Gasteiger partial charge in [0.25, 0.3) is 0 Å². The summed E-state index contributed by atoms with van der Waals surface area (Å²) in [5.41, 5.74) is 1.97. The van der Waals surface area contributed by atoms with Crippen molar-refractivity contribution in [3.63, 3.8) is 0 Å². The lowest BCUT2D eigenvalue weighted by atomic mass is 10.1. The zero-order valence-corrected chi connectivity index (χ0v) is 20.7. The van der Waals surface area contributed by atoms with Gasteiger partial charge in [-0.1, -0.05) is 42.5 Å². The molecule has 2 rings (SSSR count). The van der Waals surface area contributed by atoms with E-state index in [4.69, 9.17) is 4.74 Å². The van der Waals surface area contributed by atoms with Crippen molar-refractivity contribution in [1.29, 1.82) is 0 Å². The van der Waals surface area contributed by atoms with E-state index in [1.807, 2.05) is 31.2 Å². The number of hydrogen-bond donors (Lipinski definition) is 3. The molecule has 0 bridgehead atoms. The Labute approximate surface area is 196 Å². The van der Waals surface area contributed by atoms with E-state index in [0.29, 0.717) is 19.1 Å². The number of guanidine groups is 1. The Morgan fingerprint density at radius 3 is 2.53 bits per heavy atom. The number of sulfonamides is 1. The van der Waals surface area contributed by atoms with E-state index < -0.39 is 10.0 Å². The van der Waals surface area contributed by atoms with E-state index in [2.05, 4.69) is 39.4 Å². The van der Waals surface area contributed by atoms with E-state index in [-0.39, 0.29) is 41.5 Å². The molecule has 0 heterocycles. The Balaban J connectivity index is 0.00000450. The van der Waals surface area contributed by atoms with Gasteiger partial charge in [0.2, 0.25) is 10.0 Å². The summed E-state index contributed by atoms with van der Waals surface area (Å²) < 4.78 is 32.2. The van der Waals surface area contributed by atoms with Crippen LogP contribution in [0.1, 0.15) is 31.0 Å². The molecule has 7 nitrogen and oxygen atoms in total. The lowest BCUT2D eigenvalue weighted by Crippen LogP contribution is -2.38. The van der Waals surface area contributed by atoms with Crippen molar-refractivity contribution in [2.75, 3.05) is 26.8 Å². The molecule has 0 aliphatic rings. The lowest BCUT2D eigenvalue weighted by molar-refractivity contribution is 0.204. The molecule has 2 aromatic rings. The largest absolute Gasteiger partial charge is 0.383 e. The van der Waals surface area contributed by atoms with E-state index in [0.717, 1.165) is 17.7 Å². The first kappa shape index (κ1) is 26.3. The highest BCUT2D eigenvalue weighted by Crippen LogP contribution is 2.13. The van der Waals surface area contributed by atoms with Crippen LogP contribution in [-0.2, 0) is 21.3 Å². The number of hydrogen-bond acceptors (Lipinski definition) is 4. The van der Waals surface area contributed by atoms with Crippen LogP contribution in [0.5, 0.6) is 0 Å². The average molecular weight is 546 g/mol. The van der Waals surface area contributed by atoms with E-state index in [9.17, 15) is 8.42 Å². The average Bonchev–Trinajstić information content (AvgIpc) is 2.73. The van der Waals surface area contributed by atoms with Gasteiger partial charge in [0.15, 0.2) is 5.96 Å². The first-order chi connectivity index (χ1) is 14.0. The van der Waals surface area contributed by atoms with Crippen molar-refractivity contribution in [2.45, 2.75) is 31.3 Å². The van der Waals surface area contributed by atoms with Gasteiger partial charge in [-0.05, 0) is 37.1 Å². The first-order valence-corrected chi connectivity index (χ1v) is 11.1. The number of nitrogens with zero attached hydrogens (tertiary/aromatic N) is 1. The minimum atomic E-state index is -3.57. The van der Waals surface area contributed by atoms with Crippen molar-refractivity contribution in [2.24, 2.45) is 4.99 Å². The third-order valence-electron chi connectivity index (χ3n) is 4.22. The van der Waals surface area contributed by atoms with Gasteiger partial charge in [-0.25, -0.2) is 18.1 Å². The fourth-order valence-electron chi connectivity index (χ4n) is 2.69. The van der Waals surface area contributed by atoms with Gasteiger partial charge in [-0.3, -0.25) is 0 Å². The fourth-order valence-corrected chi connectivity index (χ4v) is 3.78. The maximum atomic E-state index is 12.4. The Bertz CT molecular complexity index is 892. The minimum Gasteiger partial charge on any atom is -0.383 e. The summed E-state index contributed by atoms with van der Waals surface area (Å²) in [7, 11) is -2.04. The van der Waals surface area contributed by atoms with Gasteiger partial charge < -0.3 is 15.4 Å². The molecule has 0 spiro atoms. The zero-order valence-electron chi connectivity index (χ0n) is 17.6. The second-order valence-electron chi connectivity index (χ2n) is 6.51. The molecule has 30 heavy (non-hydrogen) atoms. The van der Waals surface area contributed by atoms with Crippen molar-refractivity contribution in [3.8, 4) is 0 Å². The molecular formula is C21H31IN4O3S. The van der Waals surface area contributed by atoms with Crippen LogP contribution in [0.4, 0.5) is 0 Å². The van der Waals surface area contributed by atoms with Crippen molar-refractivity contribution >= 4 is 40.0 Å². The van der Waals surface area contributed by atoms with Gasteiger partial charge in [0.05, 0.1) is 24.1 Å². The van der Waals surface area contributed by atoms with Crippen LogP contribution in [0.2, 0.25) is 0 Å². The number of halogens is 1. The molecule has 3 N–H and O–H groups in total. The smallest absolute Gasteiger partial charge is 0.240 e. The molecule has 0 fully saturated rings. The Morgan fingerprint density at radius 2 is 1.87 bits per heavy atom. The third-order valence-corrected chi connectivity index (χ3v) is 5.68. The van der Waals surface area contributed by atoms with Crippen LogP contribution in [0.3, 0.4) is 0 Å². The molecule has 2 aromatic carbocycles. The maximum Gasteiger partial charge on any atom is 0.240 e.